The maximum atomic E-state index is 5.35. The van der Waals surface area contributed by atoms with E-state index in [9.17, 15) is 0 Å². The summed E-state index contributed by atoms with van der Waals surface area (Å²) in [5, 5.41) is 0. The lowest BCUT2D eigenvalue weighted by molar-refractivity contribution is 0.414. The SMILES string of the molecule is C=CCC(c1ccccc1)(c1ccc(OC)cc1)c1ccc(OC)cc1. The highest BCUT2D eigenvalue weighted by Gasteiger charge is 2.35. The van der Waals surface area contributed by atoms with Crippen molar-refractivity contribution in [3.05, 3.63) is 108 Å². The summed E-state index contributed by atoms with van der Waals surface area (Å²) in [4.78, 5) is 0. The number of hydrogen-bond donors (Lipinski definition) is 0. The van der Waals surface area contributed by atoms with Crippen LogP contribution in [-0.4, -0.2) is 14.2 Å². The van der Waals surface area contributed by atoms with Crippen LogP contribution in [-0.2, 0) is 5.41 Å². The van der Waals surface area contributed by atoms with Crippen molar-refractivity contribution in [3.8, 4) is 11.5 Å². The van der Waals surface area contributed by atoms with E-state index in [4.69, 9.17) is 9.47 Å². The molecule has 0 fully saturated rings. The zero-order valence-electron chi connectivity index (χ0n) is 15.3. The first-order valence-electron chi connectivity index (χ1n) is 8.70. The first-order chi connectivity index (χ1) is 12.7. The van der Waals surface area contributed by atoms with Gasteiger partial charge in [-0.1, -0.05) is 60.7 Å². The van der Waals surface area contributed by atoms with Crippen molar-refractivity contribution in [3.63, 3.8) is 0 Å². The molecule has 0 aliphatic rings. The van der Waals surface area contributed by atoms with E-state index in [0.717, 1.165) is 17.9 Å². The number of methoxy groups -OCH3 is 2. The van der Waals surface area contributed by atoms with Gasteiger partial charge >= 0.3 is 0 Å². The monoisotopic (exact) mass is 344 g/mol. The van der Waals surface area contributed by atoms with Crippen LogP contribution in [0, 0.1) is 0 Å². The highest BCUT2D eigenvalue weighted by atomic mass is 16.5. The number of benzene rings is 3. The van der Waals surface area contributed by atoms with Crippen LogP contribution >= 0.6 is 0 Å². The Morgan fingerprint density at radius 3 is 1.50 bits per heavy atom. The number of ether oxygens (including phenoxy) is 2. The van der Waals surface area contributed by atoms with Gasteiger partial charge in [0.1, 0.15) is 11.5 Å². The first kappa shape index (κ1) is 17.8. The van der Waals surface area contributed by atoms with Crippen LogP contribution in [0.15, 0.2) is 91.5 Å². The average Bonchev–Trinajstić information content (AvgIpc) is 2.73. The van der Waals surface area contributed by atoms with E-state index >= 15 is 0 Å². The molecular weight excluding hydrogens is 320 g/mol. The van der Waals surface area contributed by atoms with E-state index in [1.807, 2.05) is 36.4 Å². The molecule has 0 aromatic heterocycles. The van der Waals surface area contributed by atoms with Crippen molar-refractivity contribution in [1.82, 2.24) is 0 Å². The van der Waals surface area contributed by atoms with Crippen molar-refractivity contribution in [1.29, 1.82) is 0 Å². The Hall–Kier alpha value is -3.00. The molecule has 0 amide bonds. The lowest BCUT2D eigenvalue weighted by Gasteiger charge is -2.35. The Labute approximate surface area is 155 Å². The van der Waals surface area contributed by atoms with Crippen molar-refractivity contribution in [2.45, 2.75) is 11.8 Å². The van der Waals surface area contributed by atoms with E-state index in [2.05, 4.69) is 55.1 Å². The average molecular weight is 344 g/mol. The third kappa shape index (κ3) is 3.23. The van der Waals surface area contributed by atoms with E-state index in [-0.39, 0.29) is 5.41 Å². The topological polar surface area (TPSA) is 18.5 Å². The zero-order chi connectivity index (χ0) is 18.4. The molecule has 0 aliphatic carbocycles. The second-order valence-corrected chi connectivity index (χ2v) is 6.22. The smallest absolute Gasteiger partial charge is 0.118 e. The van der Waals surface area contributed by atoms with Gasteiger partial charge in [0.25, 0.3) is 0 Å². The number of rotatable bonds is 7. The molecule has 2 heteroatoms. The van der Waals surface area contributed by atoms with Gasteiger partial charge in [-0.05, 0) is 47.4 Å². The minimum absolute atomic E-state index is 0.318. The van der Waals surface area contributed by atoms with Crippen LogP contribution in [0.4, 0.5) is 0 Å². The Morgan fingerprint density at radius 1 is 0.692 bits per heavy atom. The van der Waals surface area contributed by atoms with Gasteiger partial charge in [0.2, 0.25) is 0 Å². The van der Waals surface area contributed by atoms with Gasteiger partial charge in [-0.25, -0.2) is 0 Å². The molecule has 0 N–H and O–H groups in total. The molecule has 0 atom stereocenters. The standard InChI is InChI=1S/C24H24O2/c1-4-18-24(19-8-6-5-7-9-19,20-10-14-22(25-2)15-11-20)21-12-16-23(26-3)17-13-21/h4-17H,1,18H2,2-3H3. The predicted molar refractivity (Wildman–Crippen MR) is 107 cm³/mol. The molecule has 0 aliphatic heterocycles. The van der Waals surface area contributed by atoms with E-state index < -0.39 is 0 Å². The second kappa shape index (κ2) is 7.92. The minimum Gasteiger partial charge on any atom is -0.497 e. The maximum Gasteiger partial charge on any atom is 0.118 e. The zero-order valence-corrected chi connectivity index (χ0v) is 15.3. The fourth-order valence-corrected chi connectivity index (χ4v) is 3.54. The summed E-state index contributed by atoms with van der Waals surface area (Å²) in [5.74, 6) is 1.70. The van der Waals surface area contributed by atoms with Gasteiger partial charge in [-0.2, -0.15) is 0 Å². The molecule has 3 aromatic rings. The fraction of sp³-hybridized carbons (Fsp3) is 0.167. The Balaban J connectivity index is 2.25. The van der Waals surface area contributed by atoms with Crippen molar-refractivity contribution < 1.29 is 9.47 Å². The summed E-state index contributed by atoms with van der Waals surface area (Å²) in [6.07, 6.45) is 2.77. The molecule has 132 valence electrons. The van der Waals surface area contributed by atoms with Gasteiger partial charge in [-0.3, -0.25) is 0 Å². The normalized spacial score (nSPS) is 11.0. The summed E-state index contributed by atoms with van der Waals surface area (Å²) >= 11 is 0. The third-order valence-electron chi connectivity index (χ3n) is 4.88. The molecule has 2 nitrogen and oxygen atoms in total. The summed E-state index contributed by atoms with van der Waals surface area (Å²) in [6, 6.07) is 27.2. The van der Waals surface area contributed by atoms with E-state index in [0.29, 0.717) is 0 Å². The van der Waals surface area contributed by atoms with Gasteiger partial charge in [0.15, 0.2) is 0 Å². The van der Waals surface area contributed by atoms with Crippen LogP contribution in [0.1, 0.15) is 23.1 Å². The van der Waals surface area contributed by atoms with Gasteiger partial charge in [-0.15, -0.1) is 6.58 Å². The van der Waals surface area contributed by atoms with Crippen molar-refractivity contribution in [2.75, 3.05) is 14.2 Å². The quantitative estimate of drug-likeness (QED) is 0.409. The van der Waals surface area contributed by atoms with Crippen molar-refractivity contribution >= 4 is 0 Å². The minimum atomic E-state index is -0.318. The molecule has 0 saturated carbocycles. The molecule has 0 radical (unpaired) electrons. The molecule has 0 unspecified atom stereocenters. The van der Waals surface area contributed by atoms with Gasteiger partial charge < -0.3 is 9.47 Å². The Kier molecular flexibility index (Phi) is 5.43. The fourth-order valence-electron chi connectivity index (χ4n) is 3.54. The molecule has 3 rings (SSSR count). The summed E-state index contributed by atoms with van der Waals surface area (Å²) in [5.41, 5.74) is 3.32. The van der Waals surface area contributed by atoms with Crippen LogP contribution in [0.2, 0.25) is 0 Å². The first-order valence-corrected chi connectivity index (χ1v) is 8.70. The lowest BCUT2D eigenvalue weighted by atomic mass is 9.67. The third-order valence-corrected chi connectivity index (χ3v) is 4.88. The largest absolute Gasteiger partial charge is 0.497 e. The molecule has 3 aromatic carbocycles. The van der Waals surface area contributed by atoms with Gasteiger partial charge in [0, 0.05) is 5.41 Å². The Bertz CT molecular complexity index is 786. The molecule has 0 bridgehead atoms. The summed E-state index contributed by atoms with van der Waals surface area (Å²) in [6.45, 7) is 4.04. The molecule has 0 spiro atoms. The van der Waals surface area contributed by atoms with Crippen LogP contribution in [0.25, 0.3) is 0 Å². The van der Waals surface area contributed by atoms with Crippen LogP contribution in [0.3, 0.4) is 0 Å². The summed E-state index contributed by atoms with van der Waals surface area (Å²) < 4.78 is 10.7. The highest BCUT2D eigenvalue weighted by Crippen LogP contribution is 2.43. The molecule has 0 saturated heterocycles. The lowest BCUT2D eigenvalue weighted by Crippen LogP contribution is -2.28. The van der Waals surface area contributed by atoms with Crippen LogP contribution in [0.5, 0.6) is 11.5 Å². The number of allylic oxidation sites excluding steroid dienone is 1. The second-order valence-electron chi connectivity index (χ2n) is 6.22. The maximum absolute atomic E-state index is 5.35. The van der Waals surface area contributed by atoms with Crippen molar-refractivity contribution in [2.24, 2.45) is 0 Å². The molecule has 0 heterocycles. The predicted octanol–water partition coefficient (Wildman–Crippen LogP) is 5.61. The van der Waals surface area contributed by atoms with Crippen LogP contribution < -0.4 is 9.47 Å². The van der Waals surface area contributed by atoms with E-state index in [1.165, 1.54) is 16.7 Å². The van der Waals surface area contributed by atoms with E-state index in [1.54, 1.807) is 14.2 Å². The highest BCUT2D eigenvalue weighted by molar-refractivity contribution is 5.52. The molecular formula is C24H24O2. The number of hydrogen-bond acceptors (Lipinski definition) is 2. The summed E-state index contributed by atoms with van der Waals surface area (Å²) in [7, 11) is 3.37. The Morgan fingerprint density at radius 2 is 1.12 bits per heavy atom. The molecule has 26 heavy (non-hydrogen) atoms. The van der Waals surface area contributed by atoms with Gasteiger partial charge in [0.05, 0.1) is 14.2 Å².